The Kier molecular flexibility index (Phi) is 6.68. The predicted octanol–water partition coefficient (Wildman–Crippen LogP) is 6.16. The van der Waals surface area contributed by atoms with E-state index in [9.17, 15) is 4.79 Å². The van der Waals surface area contributed by atoms with Gasteiger partial charge in [-0.15, -0.1) is 0 Å². The molecular weight excluding hydrogens is 414 g/mol. The monoisotopic (exact) mass is 443 g/mol. The van der Waals surface area contributed by atoms with Gasteiger partial charge in [0.1, 0.15) is 18.1 Å². The lowest BCUT2D eigenvalue weighted by atomic mass is 9.99. The highest BCUT2D eigenvalue weighted by molar-refractivity contribution is 5.88. The Hall–Kier alpha value is -3.73. The number of fused-ring (bicyclic) bond motifs is 1. The molecule has 0 radical (unpaired) electrons. The van der Waals surface area contributed by atoms with Gasteiger partial charge in [-0.1, -0.05) is 62.4 Å². The van der Waals surface area contributed by atoms with Crippen LogP contribution in [0.1, 0.15) is 42.1 Å². The van der Waals surface area contributed by atoms with Crippen LogP contribution in [0, 0.1) is 6.92 Å². The summed E-state index contributed by atoms with van der Waals surface area (Å²) in [6, 6.07) is 24.4. The molecule has 0 unspecified atom stereocenters. The molecule has 0 aliphatic heterocycles. The smallest absolute Gasteiger partial charge is 0.341 e. The number of carboxylic acids is 1. The van der Waals surface area contributed by atoms with E-state index in [0.29, 0.717) is 24.8 Å². The fourth-order valence-corrected chi connectivity index (χ4v) is 4.06. The second kappa shape index (κ2) is 9.82. The van der Waals surface area contributed by atoms with Crippen LogP contribution in [0.5, 0.6) is 11.5 Å². The molecule has 0 saturated heterocycles. The average Bonchev–Trinajstić information content (AvgIpc) is 3.12. The van der Waals surface area contributed by atoms with Crippen LogP contribution >= 0.6 is 0 Å². The summed E-state index contributed by atoms with van der Waals surface area (Å²) >= 11 is 0. The number of rotatable bonds is 9. The summed E-state index contributed by atoms with van der Waals surface area (Å²) in [6.07, 6.45) is 0. The molecule has 0 saturated carbocycles. The molecule has 4 aromatic rings. The first kappa shape index (κ1) is 22.5. The Morgan fingerprint density at radius 2 is 1.70 bits per heavy atom. The molecule has 33 heavy (non-hydrogen) atoms. The topological polar surface area (TPSA) is 60.7 Å². The summed E-state index contributed by atoms with van der Waals surface area (Å²) in [6.45, 7) is 7.30. The summed E-state index contributed by atoms with van der Waals surface area (Å²) < 4.78 is 13.9. The van der Waals surface area contributed by atoms with Crippen LogP contribution in [-0.4, -0.2) is 22.2 Å². The molecule has 0 aliphatic rings. The first-order valence-corrected chi connectivity index (χ1v) is 11.2. The van der Waals surface area contributed by atoms with E-state index in [-0.39, 0.29) is 6.61 Å². The van der Waals surface area contributed by atoms with E-state index in [0.717, 1.165) is 27.9 Å². The van der Waals surface area contributed by atoms with Gasteiger partial charge in [-0.05, 0) is 53.8 Å². The van der Waals surface area contributed by atoms with Gasteiger partial charge in [0.2, 0.25) is 0 Å². The molecule has 0 aliphatic carbocycles. The fourth-order valence-electron chi connectivity index (χ4n) is 4.06. The number of ether oxygens (including phenoxy) is 2. The normalized spacial score (nSPS) is 11.2. The molecule has 1 heterocycles. The Labute approximate surface area is 194 Å². The summed E-state index contributed by atoms with van der Waals surface area (Å²) in [5.41, 5.74) is 5.62. The molecule has 0 amide bonds. The molecule has 5 heteroatoms. The van der Waals surface area contributed by atoms with E-state index in [1.54, 1.807) is 0 Å². The Morgan fingerprint density at radius 1 is 0.909 bits per heavy atom. The van der Waals surface area contributed by atoms with Crippen molar-refractivity contribution in [3.05, 3.63) is 95.2 Å². The van der Waals surface area contributed by atoms with Crippen molar-refractivity contribution < 1.29 is 19.4 Å². The SMILES string of the molecule is Cc1cc2c(OCC(=O)O)cccc2n1Cc1ccc(OCc2ccccc2)c(C(C)C)c1. The van der Waals surface area contributed by atoms with Crippen molar-refractivity contribution in [3.8, 4) is 11.5 Å². The standard InChI is InChI=1S/C28H29NO4/c1-19(2)23-15-22(12-13-27(23)32-17-21-8-5-4-6-9-21)16-29-20(3)14-24-25(29)10-7-11-26(24)33-18-28(30)31/h4-15,19H,16-18H2,1-3H3,(H,30,31). The van der Waals surface area contributed by atoms with Crippen LogP contribution in [0.25, 0.3) is 10.9 Å². The Morgan fingerprint density at radius 3 is 2.42 bits per heavy atom. The molecule has 1 aromatic heterocycles. The lowest BCUT2D eigenvalue weighted by molar-refractivity contribution is -0.139. The minimum atomic E-state index is -0.987. The summed E-state index contributed by atoms with van der Waals surface area (Å²) in [7, 11) is 0. The zero-order valence-corrected chi connectivity index (χ0v) is 19.2. The molecule has 3 aromatic carbocycles. The van der Waals surface area contributed by atoms with Crippen molar-refractivity contribution in [1.29, 1.82) is 0 Å². The van der Waals surface area contributed by atoms with Gasteiger partial charge in [0.25, 0.3) is 0 Å². The van der Waals surface area contributed by atoms with E-state index < -0.39 is 5.97 Å². The van der Waals surface area contributed by atoms with Crippen molar-refractivity contribution in [2.75, 3.05) is 6.61 Å². The zero-order chi connectivity index (χ0) is 23.4. The van der Waals surface area contributed by atoms with Crippen LogP contribution in [0.4, 0.5) is 0 Å². The minimum absolute atomic E-state index is 0.328. The van der Waals surface area contributed by atoms with Gasteiger partial charge in [-0.3, -0.25) is 0 Å². The number of aromatic nitrogens is 1. The maximum atomic E-state index is 10.9. The third-order valence-corrected chi connectivity index (χ3v) is 5.74. The molecule has 1 N–H and O–H groups in total. The van der Waals surface area contributed by atoms with Crippen LogP contribution < -0.4 is 9.47 Å². The van der Waals surface area contributed by atoms with Crippen LogP contribution in [-0.2, 0) is 17.9 Å². The van der Waals surface area contributed by atoms with Crippen LogP contribution in [0.2, 0.25) is 0 Å². The first-order valence-electron chi connectivity index (χ1n) is 11.2. The summed E-state index contributed by atoms with van der Waals surface area (Å²) in [5.74, 6) is 0.841. The second-order valence-electron chi connectivity index (χ2n) is 8.54. The number of hydrogen-bond donors (Lipinski definition) is 1. The predicted molar refractivity (Wildman–Crippen MR) is 130 cm³/mol. The van der Waals surface area contributed by atoms with Crippen molar-refractivity contribution in [2.45, 2.75) is 39.8 Å². The maximum absolute atomic E-state index is 10.9. The van der Waals surface area contributed by atoms with Crippen molar-refractivity contribution in [2.24, 2.45) is 0 Å². The second-order valence-corrected chi connectivity index (χ2v) is 8.54. The highest BCUT2D eigenvalue weighted by Gasteiger charge is 2.14. The Balaban J connectivity index is 1.60. The van der Waals surface area contributed by atoms with Gasteiger partial charge in [0.05, 0.1) is 5.52 Å². The number of carboxylic acid groups (broad SMARTS) is 1. The van der Waals surface area contributed by atoms with Gasteiger partial charge < -0.3 is 19.1 Å². The van der Waals surface area contributed by atoms with E-state index in [1.165, 1.54) is 11.1 Å². The van der Waals surface area contributed by atoms with E-state index >= 15 is 0 Å². The highest BCUT2D eigenvalue weighted by atomic mass is 16.5. The number of hydrogen-bond acceptors (Lipinski definition) is 3. The van der Waals surface area contributed by atoms with Crippen LogP contribution in [0.15, 0.2) is 72.8 Å². The van der Waals surface area contributed by atoms with Crippen molar-refractivity contribution in [1.82, 2.24) is 4.57 Å². The number of aliphatic carboxylic acids is 1. The van der Waals surface area contributed by atoms with Gasteiger partial charge in [0, 0.05) is 17.6 Å². The average molecular weight is 444 g/mol. The number of benzene rings is 3. The molecule has 0 spiro atoms. The van der Waals surface area contributed by atoms with Gasteiger partial charge >= 0.3 is 5.97 Å². The molecule has 4 rings (SSSR count). The zero-order valence-electron chi connectivity index (χ0n) is 19.2. The van der Waals surface area contributed by atoms with Crippen molar-refractivity contribution >= 4 is 16.9 Å². The first-order chi connectivity index (χ1) is 15.9. The number of carbonyl (C=O) groups is 1. The lowest BCUT2D eigenvalue weighted by Crippen LogP contribution is -2.09. The van der Waals surface area contributed by atoms with E-state index in [4.69, 9.17) is 14.6 Å². The van der Waals surface area contributed by atoms with Gasteiger partial charge in [0.15, 0.2) is 6.61 Å². The third-order valence-electron chi connectivity index (χ3n) is 5.74. The molecule has 0 bridgehead atoms. The molecule has 170 valence electrons. The maximum Gasteiger partial charge on any atom is 0.341 e. The molecule has 5 nitrogen and oxygen atoms in total. The van der Waals surface area contributed by atoms with Gasteiger partial charge in [-0.2, -0.15) is 0 Å². The van der Waals surface area contributed by atoms with Crippen molar-refractivity contribution in [3.63, 3.8) is 0 Å². The summed E-state index contributed by atoms with van der Waals surface area (Å²) in [4.78, 5) is 10.9. The number of nitrogens with zero attached hydrogens (tertiary/aromatic N) is 1. The molecular formula is C28H29NO4. The quantitative estimate of drug-likeness (QED) is 0.336. The largest absolute Gasteiger partial charge is 0.489 e. The molecule has 0 fully saturated rings. The molecule has 0 atom stereocenters. The summed E-state index contributed by atoms with van der Waals surface area (Å²) in [5, 5.41) is 9.88. The van der Waals surface area contributed by atoms with Gasteiger partial charge in [-0.25, -0.2) is 4.79 Å². The lowest BCUT2D eigenvalue weighted by Gasteiger charge is -2.17. The Bertz CT molecular complexity index is 1260. The minimum Gasteiger partial charge on any atom is -0.489 e. The number of aryl methyl sites for hydroxylation is 1. The van der Waals surface area contributed by atoms with Crippen LogP contribution in [0.3, 0.4) is 0 Å². The van der Waals surface area contributed by atoms with E-state index in [1.807, 2.05) is 42.5 Å². The fraction of sp³-hybridized carbons (Fsp3) is 0.250. The third kappa shape index (κ3) is 5.20. The highest BCUT2D eigenvalue weighted by Crippen LogP contribution is 2.32. The van der Waals surface area contributed by atoms with E-state index in [2.05, 4.69) is 55.7 Å².